The Balaban J connectivity index is 1.46. The van der Waals surface area contributed by atoms with Gasteiger partial charge in [0, 0.05) is 6.04 Å². The third-order valence-corrected chi connectivity index (χ3v) is 7.36. The van der Waals surface area contributed by atoms with Gasteiger partial charge in [0.25, 0.3) is 0 Å². The van der Waals surface area contributed by atoms with Crippen LogP contribution in [0.1, 0.15) is 56.7 Å². The Morgan fingerprint density at radius 2 is 1.75 bits per heavy atom. The predicted octanol–water partition coefficient (Wildman–Crippen LogP) is 5.62. The number of amides is 1. The SMILES string of the molecule is CC1(C)[C@H]2CCc3ccccc3[C@]2(C)CC[C@H]1NC(=O)OCc1ccccc1. The first-order chi connectivity index (χ1) is 13.4. The van der Waals surface area contributed by atoms with E-state index in [1.54, 1.807) is 0 Å². The Hall–Kier alpha value is -2.29. The van der Waals surface area contributed by atoms with Gasteiger partial charge in [-0.25, -0.2) is 4.79 Å². The maximum atomic E-state index is 12.5. The number of carbonyl (C=O) groups excluding carboxylic acids is 1. The zero-order chi connectivity index (χ0) is 19.8. The summed E-state index contributed by atoms with van der Waals surface area (Å²) in [4.78, 5) is 12.5. The highest BCUT2D eigenvalue weighted by atomic mass is 16.5. The summed E-state index contributed by atoms with van der Waals surface area (Å²) >= 11 is 0. The van der Waals surface area contributed by atoms with Crippen molar-refractivity contribution in [2.24, 2.45) is 11.3 Å². The maximum absolute atomic E-state index is 12.5. The highest BCUT2D eigenvalue weighted by molar-refractivity contribution is 5.67. The van der Waals surface area contributed by atoms with Gasteiger partial charge in [-0.05, 0) is 59.1 Å². The predicted molar refractivity (Wildman–Crippen MR) is 112 cm³/mol. The molecule has 148 valence electrons. The van der Waals surface area contributed by atoms with Gasteiger partial charge < -0.3 is 10.1 Å². The molecule has 0 unspecified atom stereocenters. The van der Waals surface area contributed by atoms with E-state index in [1.807, 2.05) is 30.3 Å². The zero-order valence-corrected chi connectivity index (χ0v) is 17.2. The van der Waals surface area contributed by atoms with Crippen molar-refractivity contribution >= 4 is 6.09 Å². The molecule has 3 heteroatoms. The Bertz CT molecular complexity index is 845. The minimum Gasteiger partial charge on any atom is -0.445 e. The summed E-state index contributed by atoms with van der Waals surface area (Å²) in [6, 6.07) is 18.9. The summed E-state index contributed by atoms with van der Waals surface area (Å²) in [5.74, 6) is 0.545. The number of fused-ring (bicyclic) bond motifs is 3. The zero-order valence-electron chi connectivity index (χ0n) is 17.2. The van der Waals surface area contributed by atoms with Crippen molar-refractivity contribution in [1.82, 2.24) is 5.32 Å². The van der Waals surface area contributed by atoms with E-state index in [1.165, 1.54) is 17.5 Å². The summed E-state index contributed by atoms with van der Waals surface area (Å²) < 4.78 is 5.49. The van der Waals surface area contributed by atoms with Gasteiger partial charge in [0.15, 0.2) is 0 Å². The number of alkyl carbamates (subject to hydrolysis) is 1. The van der Waals surface area contributed by atoms with Crippen molar-refractivity contribution in [3.8, 4) is 0 Å². The van der Waals surface area contributed by atoms with Crippen LogP contribution in [0, 0.1) is 11.3 Å². The first-order valence-electron chi connectivity index (χ1n) is 10.5. The molecule has 0 heterocycles. The van der Waals surface area contributed by atoms with Crippen molar-refractivity contribution in [3.63, 3.8) is 0 Å². The Morgan fingerprint density at radius 1 is 1.04 bits per heavy atom. The molecule has 2 aromatic carbocycles. The minimum atomic E-state index is -0.304. The Kier molecular flexibility index (Phi) is 4.95. The average Bonchev–Trinajstić information content (AvgIpc) is 2.69. The topological polar surface area (TPSA) is 38.3 Å². The van der Waals surface area contributed by atoms with Crippen LogP contribution in [0.4, 0.5) is 4.79 Å². The second-order valence-corrected chi connectivity index (χ2v) is 9.28. The van der Waals surface area contributed by atoms with Crippen molar-refractivity contribution in [3.05, 3.63) is 71.3 Å². The van der Waals surface area contributed by atoms with E-state index in [0.717, 1.165) is 24.8 Å². The summed E-state index contributed by atoms with van der Waals surface area (Å²) in [5.41, 5.74) is 4.24. The number of hydrogen-bond donors (Lipinski definition) is 1. The average molecular weight is 378 g/mol. The fraction of sp³-hybridized carbons (Fsp3) is 0.480. The number of hydrogen-bond acceptors (Lipinski definition) is 2. The third-order valence-electron chi connectivity index (χ3n) is 7.36. The lowest BCUT2D eigenvalue weighted by Crippen LogP contribution is -2.58. The van der Waals surface area contributed by atoms with Crippen molar-refractivity contribution < 1.29 is 9.53 Å². The number of aryl methyl sites for hydroxylation is 1. The fourth-order valence-electron chi connectivity index (χ4n) is 5.83. The Labute approximate surface area is 168 Å². The molecule has 0 aromatic heterocycles. The highest BCUT2D eigenvalue weighted by Gasteiger charge is 2.53. The van der Waals surface area contributed by atoms with E-state index >= 15 is 0 Å². The first-order valence-corrected chi connectivity index (χ1v) is 10.5. The normalized spacial score (nSPS) is 28.0. The molecular formula is C25H31NO2. The van der Waals surface area contributed by atoms with Gasteiger partial charge in [0.2, 0.25) is 0 Å². The molecule has 0 spiro atoms. The third kappa shape index (κ3) is 3.32. The molecule has 0 radical (unpaired) electrons. The van der Waals surface area contributed by atoms with E-state index < -0.39 is 0 Å². The van der Waals surface area contributed by atoms with E-state index in [9.17, 15) is 4.79 Å². The highest BCUT2D eigenvalue weighted by Crippen LogP contribution is 2.56. The van der Waals surface area contributed by atoms with Crippen molar-refractivity contribution in [2.75, 3.05) is 0 Å². The molecule has 4 rings (SSSR count). The molecule has 0 bridgehead atoms. The van der Waals surface area contributed by atoms with E-state index in [-0.39, 0.29) is 23.0 Å². The molecule has 2 aromatic rings. The quantitative estimate of drug-likeness (QED) is 0.754. The second kappa shape index (κ2) is 7.27. The molecule has 1 saturated carbocycles. The largest absolute Gasteiger partial charge is 0.445 e. The fourth-order valence-corrected chi connectivity index (χ4v) is 5.83. The lowest BCUT2D eigenvalue weighted by molar-refractivity contribution is 0.00628. The first kappa shape index (κ1) is 19.0. The van der Waals surface area contributed by atoms with Crippen LogP contribution in [0.25, 0.3) is 0 Å². The molecule has 1 amide bonds. The summed E-state index contributed by atoms with van der Waals surface area (Å²) in [6.07, 6.45) is 4.08. The number of rotatable bonds is 3. The van der Waals surface area contributed by atoms with Crippen molar-refractivity contribution in [2.45, 2.75) is 64.5 Å². The molecule has 1 N–H and O–H groups in total. The molecule has 0 saturated heterocycles. The second-order valence-electron chi connectivity index (χ2n) is 9.28. The van der Waals surface area contributed by atoms with Gasteiger partial charge in [-0.15, -0.1) is 0 Å². The van der Waals surface area contributed by atoms with E-state index in [4.69, 9.17) is 4.74 Å². The van der Waals surface area contributed by atoms with Crippen LogP contribution in [0.5, 0.6) is 0 Å². The molecule has 1 fully saturated rings. The molecule has 0 aliphatic heterocycles. The molecule has 28 heavy (non-hydrogen) atoms. The lowest BCUT2D eigenvalue weighted by Gasteiger charge is -2.57. The van der Waals surface area contributed by atoms with Crippen LogP contribution < -0.4 is 5.32 Å². The number of carbonyl (C=O) groups is 1. The van der Waals surface area contributed by atoms with Crippen LogP contribution in [0.3, 0.4) is 0 Å². The summed E-state index contributed by atoms with van der Waals surface area (Å²) in [6.45, 7) is 7.39. The smallest absolute Gasteiger partial charge is 0.407 e. The van der Waals surface area contributed by atoms with Crippen molar-refractivity contribution in [1.29, 1.82) is 0 Å². The van der Waals surface area contributed by atoms with Crippen LogP contribution in [0.15, 0.2) is 54.6 Å². The maximum Gasteiger partial charge on any atom is 0.407 e. The van der Waals surface area contributed by atoms with E-state index in [2.05, 4.69) is 50.4 Å². The van der Waals surface area contributed by atoms with Gasteiger partial charge in [-0.2, -0.15) is 0 Å². The van der Waals surface area contributed by atoms with Gasteiger partial charge in [-0.3, -0.25) is 0 Å². The van der Waals surface area contributed by atoms with Gasteiger partial charge >= 0.3 is 6.09 Å². The number of nitrogens with one attached hydrogen (secondary N) is 1. The monoisotopic (exact) mass is 377 g/mol. The van der Waals surface area contributed by atoms with Crippen LogP contribution in [0.2, 0.25) is 0 Å². The molecular weight excluding hydrogens is 346 g/mol. The molecule has 2 aliphatic rings. The van der Waals surface area contributed by atoms with E-state index in [0.29, 0.717) is 12.5 Å². The van der Waals surface area contributed by atoms with Gasteiger partial charge in [0.05, 0.1) is 0 Å². The summed E-state index contributed by atoms with van der Waals surface area (Å²) in [5, 5.41) is 3.19. The standard InChI is InChI=1S/C25H31NO2/c1-24(2)21-14-13-19-11-7-8-12-20(19)25(21,3)16-15-22(24)26-23(27)28-17-18-9-5-4-6-10-18/h4-12,21-22H,13-17H2,1-3H3,(H,26,27)/t21-,22-,25+/m1/s1. The minimum absolute atomic E-state index is 0.0201. The molecule has 3 nitrogen and oxygen atoms in total. The number of ether oxygens (including phenoxy) is 1. The summed E-state index contributed by atoms with van der Waals surface area (Å²) in [7, 11) is 0. The van der Waals surface area contributed by atoms with Gasteiger partial charge in [0.1, 0.15) is 6.61 Å². The lowest BCUT2D eigenvalue weighted by atomic mass is 9.49. The Morgan fingerprint density at radius 3 is 2.54 bits per heavy atom. The van der Waals surface area contributed by atoms with Crippen LogP contribution in [-0.2, 0) is 23.2 Å². The van der Waals surface area contributed by atoms with Crippen LogP contribution in [-0.4, -0.2) is 12.1 Å². The van der Waals surface area contributed by atoms with Gasteiger partial charge in [-0.1, -0.05) is 75.4 Å². The number of benzene rings is 2. The molecule has 2 aliphatic carbocycles. The van der Waals surface area contributed by atoms with Crippen LogP contribution >= 0.6 is 0 Å². The molecule has 3 atom stereocenters.